The van der Waals surface area contributed by atoms with Gasteiger partial charge in [0, 0.05) is 32.1 Å². The van der Waals surface area contributed by atoms with Gasteiger partial charge in [0.1, 0.15) is 16.5 Å². The third kappa shape index (κ3) is 3.08. The Morgan fingerprint density at radius 1 is 1.28 bits per heavy atom. The quantitative estimate of drug-likeness (QED) is 0.902. The van der Waals surface area contributed by atoms with Crippen LogP contribution in [0.1, 0.15) is 57.7 Å². The van der Waals surface area contributed by atoms with Gasteiger partial charge in [0.2, 0.25) is 0 Å². The standard InChI is InChI=1S/C17H24N6OS/c1-3-14-19-11(2)15(25-14)17(24)22-7-4-12(5-8-22)16-21-20-13-10-18-6-9-23(13)16/h12,18H,3-10H2,1-2H3. The normalized spacial score (nSPS) is 18.4. The Morgan fingerprint density at radius 2 is 2.08 bits per heavy atom. The van der Waals surface area contributed by atoms with Crippen LogP contribution in [0.2, 0.25) is 0 Å². The van der Waals surface area contributed by atoms with E-state index in [4.69, 9.17) is 0 Å². The van der Waals surface area contributed by atoms with Crippen LogP contribution in [0.25, 0.3) is 0 Å². The van der Waals surface area contributed by atoms with Crippen molar-refractivity contribution in [3.05, 3.63) is 27.2 Å². The average molecular weight is 360 g/mol. The van der Waals surface area contributed by atoms with E-state index >= 15 is 0 Å². The number of carbonyl (C=O) groups is 1. The van der Waals surface area contributed by atoms with Crippen molar-refractivity contribution in [3.8, 4) is 0 Å². The van der Waals surface area contributed by atoms with Gasteiger partial charge < -0.3 is 14.8 Å². The molecular formula is C17H24N6OS. The molecule has 25 heavy (non-hydrogen) atoms. The minimum Gasteiger partial charge on any atom is -0.338 e. The first-order valence-corrected chi connectivity index (χ1v) is 9.87. The fourth-order valence-corrected chi connectivity index (χ4v) is 4.68. The molecule has 2 aliphatic rings. The number of amides is 1. The second kappa shape index (κ2) is 6.84. The summed E-state index contributed by atoms with van der Waals surface area (Å²) in [5.74, 6) is 2.68. The summed E-state index contributed by atoms with van der Waals surface area (Å²) in [5.41, 5.74) is 0.869. The van der Waals surface area contributed by atoms with Gasteiger partial charge in [0.05, 0.1) is 17.2 Å². The molecule has 1 fully saturated rings. The number of nitrogens with one attached hydrogen (secondary N) is 1. The zero-order chi connectivity index (χ0) is 17.4. The first-order chi connectivity index (χ1) is 12.2. The Balaban J connectivity index is 1.43. The molecule has 2 aromatic heterocycles. The maximum absolute atomic E-state index is 12.8. The van der Waals surface area contributed by atoms with Gasteiger partial charge >= 0.3 is 0 Å². The van der Waals surface area contributed by atoms with E-state index in [2.05, 4.69) is 32.0 Å². The highest BCUT2D eigenvalue weighted by molar-refractivity contribution is 7.13. The Bertz CT molecular complexity index is 774. The molecule has 2 aromatic rings. The summed E-state index contributed by atoms with van der Waals surface area (Å²) in [4.78, 5) is 20.1. The molecule has 0 saturated carbocycles. The number of likely N-dealkylation sites (tertiary alicyclic amines) is 1. The maximum atomic E-state index is 12.8. The van der Waals surface area contributed by atoms with E-state index in [1.807, 2.05) is 11.8 Å². The van der Waals surface area contributed by atoms with Crippen molar-refractivity contribution >= 4 is 17.2 Å². The fraction of sp³-hybridized carbons (Fsp3) is 0.647. The number of thiazole rings is 1. The minimum atomic E-state index is 0.139. The number of aryl methyl sites for hydroxylation is 2. The van der Waals surface area contributed by atoms with Crippen LogP contribution in [0, 0.1) is 6.92 Å². The molecule has 4 heterocycles. The molecule has 1 N–H and O–H groups in total. The predicted molar refractivity (Wildman–Crippen MR) is 95.8 cm³/mol. The van der Waals surface area contributed by atoms with Crippen molar-refractivity contribution in [3.63, 3.8) is 0 Å². The lowest BCUT2D eigenvalue weighted by Gasteiger charge is -2.32. The van der Waals surface area contributed by atoms with Gasteiger partial charge in [-0.25, -0.2) is 4.98 Å². The fourth-order valence-electron chi connectivity index (χ4n) is 3.70. The van der Waals surface area contributed by atoms with Gasteiger partial charge in [0.15, 0.2) is 0 Å². The average Bonchev–Trinajstić information content (AvgIpc) is 3.24. The molecule has 7 nitrogen and oxygen atoms in total. The van der Waals surface area contributed by atoms with Gasteiger partial charge in [-0.2, -0.15) is 0 Å². The van der Waals surface area contributed by atoms with Crippen LogP contribution in [0.15, 0.2) is 0 Å². The second-order valence-corrected chi connectivity index (χ2v) is 7.83. The Labute approximate surface area is 151 Å². The van der Waals surface area contributed by atoms with Crippen LogP contribution < -0.4 is 5.32 Å². The molecule has 8 heteroatoms. The minimum absolute atomic E-state index is 0.139. The van der Waals surface area contributed by atoms with Crippen molar-refractivity contribution < 1.29 is 4.79 Å². The first kappa shape index (κ1) is 16.7. The van der Waals surface area contributed by atoms with Gasteiger partial charge in [0.25, 0.3) is 5.91 Å². The highest BCUT2D eigenvalue weighted by Crippen LogP contribution is 2.29. The molecule has 4 rings (SSSR count). The highest BCUT2D eigenvalue weighted by Gasteiger charge is 2.30. The molecule has 0 radical (unpaired) electrons. The van der Waals surface area contributed by atoms with Crippen molar-refractivity contribution in [2.24, 2.45) is 0 Å². The van der Waals surface area contributed by atoms with Gasteiger partial charge in [-0.3, -0.25) is 4.79 Å². The van der Waals surface area contributed by atoms with E-state index in [0.29, 0.717) is 5.92 Å². The third-order valence-electron chi connectivity index (χ3n) is 5.14. The summed E-state index contributed by atoms with van der Waals surface area (Å²) >= 11 is 1.54. The molecule has 0 atom stereocenters. The highest BCUT2D eigenvalue weighted by atomic mass is 32.1. The van der Waals surface area contributed by atoms with Crippen LogP contribution in [-0.2, 0) is 19.5 Å². The van der Waals surface area contributed by atoms with Crippen LogP contribution >= 0.6 is 11.3 Å². The molecule has 0 unspecified atom stereocenters. The van der Waals surface area contributed by atoms with Crippen molar-refractivity contribution in [2.45, 2.75) is 52.1 Å². The van der Waals surface area contributed by atoms with E-state index in [1.54, 1.807) is 11.3 Å². The number of aromatic nitrogens is 4. The van der Waals surface area contributed by atoms with E-state index in [-0.39, 0.29) is 5.91 Å². The maximum Gasteiger partial charge on any atom is 0.265 e. The van der Waals surface area contributed by atoms with Crippen molar-refractivity contribution in [1.82, 2.24) is 30.0 Å². The summed E-state index contributed by atoms with van der Waals surface area (Å²) in [7, 11) is 0. The van der Waals surface area contributed by atoms with Crippen molar-refractivity contribution in [2.75, 3.05) is 19.6 Å². The Morgan fingerprint density at radius 3 is 2.80 bits per heavy atom. The molecule has 0 spiro atoms. The smallest absolute Gasteiger partial charge is 0.265 e. The van der Waals surface area contributed by atoms with Gasteiger partial charge in [-0.05, 0) is 26.2 Å². The predicted octanol–water partition coefficient (Wildman–Crippen LogP) is 1.73. The third-order valence-corrected chi connectivity index (χ3v) is 6.43. The molecular weight excluding hydrogens is 336 g/mol. The SMILES string of the molecule is CCc1nc(C)c(C(=O)N2CCC(c3nnc4n3CCNC4)CC2)s1. The number of piperidine rings is 1. The lowest BCUT2D eigenvalue weighted by Crippen LogP contribution is -2.38. The molecule has 0 bridgehead atoms. The number of hydrogen-bond donors (Lipinski definition) is 1. The number of hydrogen-bond acceptors (Lipinski definition) is 6. The number of fused-ring (bicyclic) bond motifs is 1. The number of rotatable bonds is 3. The van der Waals surface area contributed by atoms with E-state index in [0.717, 1.165) is 79.2 Å². The first-order valence-electron chi connectivity index (χ1n) is 9.05. The van der Waals surface area contributed by atoms with E-state index in [9.17, 15) is 4.79 Å². The Kier molecular flexibility index (Phi) is 4.56. The van der Waals surface area contributed by atoms with Crippen LogP contribution in [0.4, 0.5) is 0 Å². The summed E-state index contributed by atoms with van der Waals surface area (Å²) in [5, 5.41) is 13.1. The summed E-state index contributed by atoms with van der Waals surface area (Å²) in [6.07, 6.45) is 2.79. The summed E-state index contributed by atoms with van der Waals surface area (Å²) in [6.45, 7) is 8.29. The molecule has 0 aliphatic carbocycles. The number of carbonyl (C=O) groups excluding carboxylic acids is 1. The zero-order valence-electron chi connectivity index (χ0n) is 14.8. The molecule has 1 saturated heterocycles. The zero-order valence-corrected chi connectivity index (χ0v) is 15.6. The Hall–Kier alpha value is -1.80. The van der Waals surface area contributed by atoms with Crippen LogP contribution in [0.3, 0.4) is 0 Å². The largest absolute Gasteiger partial charge is 0.338 e. The lowest BCUT2D eigenvalue weighted by molar-refractivity contribution is 0.0714. The lowest BCUT2D eigenvalue weighted by atomic mass is 9.95. The van der Waals surface area contributed by atoms with Gasteiger partial charge in [-0.15, -0.1) is 21.5 Å². The second-order valence-electron chi connectivity index (χ2n) is 6.75. The molecule has 134 valence electrons. The number of nitrogens with zero attached hydrogens (tertiary/aromatic N) is 5. The van der Waals surface area contributed by atoms with Crippen LogP contribution in [0.5, 0.6) is 0 Å². The van der Waals surface area contributed by atoms with Crippen molar-refractivity contribution in [1.29, 1.82) is 0 Å². The van der Waals surface area contributed by atoms with Gasteiger partial charge in [-0.1, -0.05) is 6.92 Å². The summed E-state index contributed by atoms with van der Waals surface area (Å²) < 4.78 is 2.26. The summed E-state index contributed by atoms with van der Waals surface area (Å²) in [6, 6.07) is 0. The van der Waals surface area contributed by atoms with E-state index < -0.39 is 0 Å². The molecule has 0 aromatic carbocycles. The monoisotopic (exact) mass is 360 g/mol. The molecule has 1 amide bonds. The topological polar surface area (TPSA) is 75.9 Å². The molecule has 2 aliphatic heterocycles. The van der Waals surface area contributed by atoms with E-state index in [1.165, 1.54) is 0 Å². The van der Waals surface area contributed by atoms with Crippen LogP contribution in [-0.4, -0.2) is 50.2 Å².